The normalized spacial score (nSPS) is 11.5. The van der Waals surface area contributed by atoms with Gasteiger partial charge in [-0.15, -0.1) is 0 Å². The highest BCUT2D eigenvalue weighted by atomic mass is 19.4. The monoisotopic (exact) mass is 426 g/mol. The number of nitrogens with one attached hydrogen (secondary N) is 1. The highest BCUT2D eigenvalue weighted by Gasteiger charge is 2.36. The second kappa shape index (κ2) is 8.10. The van der Waals surface area contributed by atoms with E-state index in [1.165, 1.54) is 7.11 Å². The highest BCUT2D eigenvalue weighted by molar-refractivity contribution is 5.99. The lowest BCUT2D eigenvalue weighted by Gasteiger charge is -2.12. The summed E-state index contributed by atoms with van der Waals surface area (Å²) in [5.74, 6) is -0.0932. The van der Waals surface area contributed by atoms with Crippen LogP contribution in [0.15, 0.2) is 66.9 Å². The van der Waals surface area contributed by atoms with Gasteiger partial charge in [-0.3, -0.25) is 4.79 Å². The number of aromatic nitrogens is 3. The zero-order chi connectivity index (χ0) is 22.0. The maximum Gasteiger partial charge on any atom is 0.433 e. The molecule has 0 fully saturated rings. The molecule has 31 heavy (non-hydrogen) atoms. The number of nitrogens with zero attached hydrogens (tertiary/aromatic N) is 3. The summed E-state index contributed by atoms with van der Waals surface area (Å²) in [5.41, 5.74) is 0.0654. The third-order valence-electron chi connectivity index (χ3n) is 4.67. The van der Waals surface area contributed by atoms with E-state index in [0.717, 1.165) is 17.8 Å². The van der Waals surface area contributed by atoms with Crippen molar-refractivity contribution in [3.05, 3.63) is 83.7 Å². The highest BCUT2D eigenvalue weighted by Crippen LogP contribution is 2.33. The van der Waals surface area contributed by atoms with Gasteiger partial charge in [0.25, 0.3) is 5.91 Å². The van der Waals surface area contributed by atoms with Gasteiger partial charge in [0.1, 0.15) is 11.3 Å². The van der Waals surface area contributed by atoms with Crippen LogP contribution in [0.3, 0.4) is 0 Å². The fraction of sp³-hybridized carbons (Fsp3) is 0.136. The van der Waals surface area contributed by atoms with Crippen LogP contribution in [0.2, 0.25) is 0 Å². The van der Waals surface area contributed by atoms with E-state index in [4.69, 9.17) is 4.74 Å². The van der Waals surface area contributed by atoms with E-state index in [1.807, 2.05) is 30.3 Å². The second-order valence-electron chi connectivity index (χ2n) is 6.72. The molecule has 0 bridgehead atoms. The Morgan fingerprint density at radius 3 is 2.58 bits per heavy atom. The molecule has 0 saturated heterocycles. The Bertz CT molecular complexity index is 1240. The first kappa shape index (κ1) is 20.4. The van der Waals surface area contributed by atoms with Crippen LogP contribution >= 0.6 is 0 Å². The minimum absolute atomic E-state index is 0.0498. The van der Waals surface area contributed by atoms with Crippen molar-refractivity contribution in [1.82, 2.24) is 19.9 Å². The van der Waals surface area contributed by atoms with Crippen molar-refractivity contribution in [3.8, 4) is 17.0 Å². The molecule has 158 valence electrons. The van der Waals surface area contributed by atoms with Crippen molar-refractivity contribution < 1.29 is 22.7 Å². The molecule has 6 nitrogen and oxygen atoms in total. The van der Waals surface area contributed by atoms with Gasteiger partial charge >= 0.3 is 6.18 Å². The molecule has 2 heterocycles. The van der Waals surface area contributed by atoms with Crippen LogP contribution in [0, 0.1) is 0 Å². The number of benzene rings is 2. The predicted octanol–water partition coefficient (Wildman–Crippen LogP) is 4.35. The summed E-state index contributed by atoms with van der Waals surface area (Å²) >= 11 is 0. The molecule has 0 aliphatic carbocycles. The summed E-state index contributed by atoms with van der Waals surface area (Å²) in [6, 6.07) is 16.6. The molecule has 0 unspecified atom stereocenters. The Kier molecular flexibility index (Phi) is 5.33. The first-order valence-electron chi connectivity index (χ1n) is 9.29. The van der Waals surface area contributed by atoms with Crippen LogP contribution in [-0.4, -0.2) is 27.6 Å². The number of hydrogen-bond acceptors (Lipinski definition) is 4. The summed E-state index contributed by atoms with van der Waals surface area (Å²) in [7, 11) is 1.46. The molecule has 2 aromatic carbocycles. The van der Waals surface area contributed by atoms with Gasteiger partial charge in [-0.25, -0.2) is 9.50 Å². The zero-order valence-electron chi connectivity index (χ0n) is 16.3. The van der Waals surface area contributed by atoms with Gasteiger partial charge < -0.3 is 10.1 Å². The molecule has 0 radical (unpaired) electrons. The number of fused-ring (bicyclic) bond motifs is 1. The molecule has 1 amide bonds. The number of rotatable bonds is 5. The van der Waals surface area contributed by atoms with Crippen molar-refractivity contribution in [2.45, 2.75) is 12.7 Å². The lowest BCUT2D eigenvalue weighted by Crippen LogP contribution is -2.23. The smallest absolute Gasteiger partial charge is 0.433 e. The van der Waals surface area contributed by atoms with E-state index in [9.17, 15) is 18.0 Å². The standard InChI is InChI=1S/C22H17F3N4O2/c1-31-16-9-5-8-15(10-16)18-11-19(22(23,24)25)29-20(28-18)17(13-27-29)21(30)26-12-14-6-3-2-4-7-14/h2-11,13H,12H2,1H3,(H,26,30). The first-order valence-corrected chi connectivity index (χ1v) is 9.29. The van der Waals surface area contributed by atoms with E-state index in [0.29, 0.717) is 15.8 Å². The van der Waals surface area contributed by atoms with Gasteiger partial charge in [0, 0.05) is 12.1 Å². The van der Waals surface area contributed by atoms with Crippen molar-refractivity contribution >= 4 is 11.6 Å². The topological polar surface area (TPSA) is 68.5 Å². The van der Waals surface area contributed by atoms with E-state index < -0.39 is 17.8 Å². The Hall–Kier alpha value is -3.88. The molecule has 0 aliphatic rings. The first-order chi connectivity index (χ1) is 14.9. The van der Waals surface area contributed by atoms with Gasteiger partial charge in [0.2, 0.25) is 0 Å². The van der Waals surface area contributed by atoms with Crippen LogP contribution in [0.4, 0.5) is 13.2 Å². The van der Waals surface area contributed by atoms with Crippen LogP contribution in [0.25, 0.3) is 16.9 Å². The van der Waals surface area contributed by atoms with Crippen LogP contribution < -0.4 is 10.1 Å². The third-order valence-corrected chi connectivity index (χ3v) is 4.67. The van der Waals surface area contributed by atoms with Gasteiger partial charge in [-0.2, -0.15) is 18.3 Å². The van der Waals surface area contributed by atoms with E-state index in [2.05, 4.69) is 15.4 Å². The van der Waals surface area contributed by atoms with E-state index >= 15 is 0 Å². The quantitative estimate of drug-likeness (QED) is 0.515. The predicted molar refractivity (Wildman–Crippen MR) is 108 cm³/mol. The average molecular weight is 426 g/mol. The summed E-state index contributed by atoms with van der Waals surface area (Å²) < 4.78 is 47.0. The van der Waals surface area contributed by atoms with E-state index in [-0.39, 0.29) is 23.4 Å². The van der Waals surface area contributed by atoms with Crippen molar-refractivity contribution in [2.75, 3.05) is 7.11 Å². The molecule has 2 aromatic heterocycles. The largest absolute Gasteiger partial charge is 0.497 e. The average Bonchev–Trinajstić information content (AvgIpc) is 3.21. The molecule has 0 aliphatic heterocycles. The lowest BCUT2D eigenvalue weighted by molar-refractivity contribution is -0.142. The Labute approximate surface area is 175 Å². The molecule has 0 atom stereocenters. The Morgan fingerprint density at radius 2 is 1.87 bits per heavy atom. The fourth-order valence-corrected chi connectivity index (χ4v) is 3.13. The molecule has 9 heteroatoms. The minimum atomic E-state index is -4.70. The number of halogens is 3. The van der Waals surface area contributed by atoms with Crippen LogP contribution in [-0.2, 0) is 12.7 Å². The second-order valence-corrected chi connectivity index (χ2v) is 6.72. The molecule has 1 N–H and O–H groups in total. The van der Waals surface area contributed by atoms with Crippen molar-refractivity contribution in [2.24, 2.45) is 0 Å². The van der Waals surface area contributed by atoms with Gasteiger partial charge in [-0.05, 0) is 23.8 Å². The molecule has 4 rings (SSSR count). The maximum absolute atomic E-state index is 13.7. The summed E-state index contributed by atoms with van der Waals surface area (Å²) in [5, 5.41) is 6.47. The zero-order valence-corrected chi connectivity index (χ0v) is 16.3. The molecular formula is C22H17F3N4O2. The SMILES string of the molecule is COc1cccc(-c2cc(C(F)(F)F)n3ncc(C(=O)NCc4ccccc4)c3n2)c1. The Morgan fingerprint density at radius 1 is 1.10 bits per heavy atom. The maximum atomic E-state index is 13.7. The van der Waals surface area contributed by atoms with Crippen LogP contribution in [0.5, 0.6) is 5.75 Å². The number of alkyl halides is 3. The summed E-state index contributed by atoms with van der Waals surface area (Å²) in [6.07, 6.45) is -3.61. The van der Waals surface area contributed by atoms with Gasteiger partial charge in [0.15, 0.2) is 11.3 Å². The number of carbonyl (C=O) groups is 1. The number of ether oxygens (including phenoxy) is 1. The number of methoxy groups -OCH3 is 1. The van der Waals surface area contributed by atoms with Crippen molar-refractivity contribution in [1.29, 1.82) is 0 Å². The van der Waals surface area contributed by atoms with E-state index in [1.54, 1.807) is 24.3 Å². The number of amides is 1. The van der Waals surface area contributed by atoms with Crippen LogP contribution in [0.1, 0.15) is 21.6 Å². The third kappa shape index (κ3) is 4.20. The van der Waals surface area contributed by atoms with Gasteiger partial charge in [0.05, 0.1) is 19.0 Å². The number of hydrogen-bond donors (Lipinski definition) is 1. The molecule has 0 spiro atoms. The molecular weight excluding hydrogens is 409 g/mol. The van der Waals surface area contributed by atoms with Gasteiger partial charge in [-0.1, -0.05) is 42.5 Å². The van der Waals surface area contributed by atoms with Crippen molar-refractivity contribution in [3.63, 3.8) is 0 Å². The Balaban J connectivity index is 1.78. The fourth-order valence-electron chi connectivity index (χ4n) is 3.13. The lowest BCUT2D eigenvalue weighted by atomic mass is 10.1. The number of carbonyl (C=O) groups excluding carboxylic acids is 1. The molecule has 0 saturated carbocycles. The molecule has 4 aromatic rings. The minimum Gasteiger partial charge on any atom is -0.497 e. The summed E-state index contributed by atoms with van der Waals surface area (Å²) in [4.78, 5) is 17.0. The summed E-state index contributed by atoms with van der Waals surface area (Å²) in [6.45, 7) is 0.221.